The van der Waals surface area contributed by atoms with Crippen LogP contribution < -0.4 is 0 Å². The Morgan fingerprint density at radius 1 is 0.351 bits per heavy atom. The Balaban J connectivity index is 0.000000433. The number of nitrogens with zero attached hydrogens (tertiary/aromatic N) is 18. The summed E-state index contributed by atoms with van der Waals surface area (Å²) in [6.07, 6.45) is 34.9. The van der Waals surface area contributed by atoms with Gasteiger partial charge in [-0.05, 0) is 195 Å². The summed E-state index contributed by atoms with van der Waals surface area (Å²) >= 11 is 0. The fourth-order valence-corrected chi connectivity index (χ4v) is 5.96. The van der Waals surface area contributed by atoms with Crippen molar-refractivity contribution in [2.75, 3.05) is 0 Å². The Morgan fingerprint density at radius 2 is 0.870 bits per heavy atom. The maximum Gasteiger partial charge on any atom is 0.0951 e. The van der Waals surface area contributed by atoms with Crippen molar-refractivity contribution >= 4 is 0 Å². The predicted octanol–water partition coefficient (Wildman–Crippen LogP) is 14.7. The molecule has 0 saturated heterocycles. The quantitative estimate of drug-likeness (QED) is 0.137. The Morgan fingerprint density at radius 3 is 1.08 bits per heavy atom. The van der Waals surface area contributed by atoms with Crippen molar-refractivity contribution in [2.45, 2.75) is 214 Å². The minimum atomic E-state index is 0.422. The van der Waals surface area contributed by atoms with Crippen LogP contribution in [-0.2, 0) is 0 Å². The molecule has 18 heteroatoms. The Bertz CT molecular complexity index is 2280. The van der Waals surface area contributed by atoms with Crippen LogP contribution in [0.5, 0.6) is 0 Å². The van der Waals surface area contributed by atoms with Gasteiger partial charge < -0.3 is 22.8 Å². The average molecular weight is 1060 g/mol. The first kappa shape index (κ1) is 67.9. The fraction of sp³-hybridized carbons (Fsp3) is 0.542. The van der Waals surface area contributed by atoms with Gasteiger partial charge in [0.1, 0.15) is 0 Å². The van der Waals surface area contributed by atoms with E-state index in [1.807, 2.05) is 128 Å². The van der Waals surface area contributed by atoms with Crippen LogP contribution >= 0.6 is 0 Å². The van der Waals surface area contributed by atoms with Gasteiger partial charge in [-0.25, -0.2) is 19.6 Å². The topological polar surface area (TPSA) is 160 Å². The van der Waals surface area contributed by atoms with Crippen molar-refractivity contribution in [3.63, 3.8) is 0 Å². The van der Waals surface area contributed by atoms with Gasteiger partial charge in [0.2, 0.25) is 0 Å². The SMILES string of the molecule is CC(C)n1cccc1.CC(C)n1ccnc1.CC(C)n1ccnc1.CC(C)n1ccnn1.Cc1ccn(C(C)C)c1.Cc1ccn(C(C)C)n1.Cc1cn(C(C)C)cn1.Cc1cn(C(C)C)nn1.Cc1cnn(C(C)C)c1. The second-order valence-electron chi connectivity index (χ2n) is 21.2. The molecule has 0 amide bonds. The molecule has 9 rings (SSSR count). The zero-order valence-electron chi connectivity index (χ0n) is 51.4. The Hall–Kier alpha value is -7.11. The molecule has 0 spiro atoms. The van der Waals surface area contributed by atoms with Gasteiger partial charge >= 0.3 is 0 Å². The summed E-state index contributed by atoms with van der Waals surface area (Å²) in [5.41, 5.74) is 5.71. The lowest BCUT2D eigenvalue weighted by Crippen LogP contribution is -2.00. The third kappa shape index (κ3) is 29.7. The van der Waals surface area contributed by atoms with Crippen LogP contribution in [0.1, 0.15) is 207 Å². The van der Waals surface area contributed by atoms with Crippen molar-refractivity contribution in [1.29, 1.82) is 0 Å². The molecular formula is C59H100N18. The molecule has 0 aliphatic carbocycles. The summed E-state index contributed by atoms with van der Waals surface area (Å²) in [6, 6.07) is 12.9. The van der Waals surface area contributed by atoms with Crippen LogP contribution in [0.2, 0.25) is 0 Å². The number of imidazole rings is 3. The van der Waals surface area contributed by atoms with E-state index < -0.39 is 0 Å². The molecule has 0 N–H and O–H groups in total. The average Bonchev–Trinajstić information content (AvgIpc) is 4.22. The highest BCUT2D eigenvalue weighted by molar-refractivity contribution is 5.07. The van der Waals surface area contributed by atoms with E-state index >= 15 is 0 Å². The van der Waals surface area contributed by atoms with E-state index in [4.69, 9.17) is 0 Å². The zero-order valence-corrected chi connectivity index (χ0v) is 51.4. The van der Waals surface area contributed by atoms with E-state index in [1.54, 1.807) is 23.3 Å². The second kappa shape index (κ2) is 36.8. The molecule has 0 saturated carbocycles. The minimum absolute atomic E-state index is 0.422. The highest BCUT2D eigenvalue weighted by Gasteiger charge is 2.00. The predicted molar refractivity (Wildman–Crippen MR) is 317 cm³/mol. The van der Waals surface area contributed by atoms with E-state index in [1.165, 1.54) is 11.1 Å². The molecule has 0 aliphatic heterocycles. The molecule has 9 heterocycles. The highest BCUT2D eigenvalue weighted by Crippen LogP contribution is 2.08. The van der Waals surface area contributed by atoms with Crippen LogP contribution in [0.4, 0.5) is 0 Å². The van der Waals surface area contributed by atoms with Gasteiger partial charge in [-0.15, -0.1) is 10.2 Å². The molecule has 0 fully saturated rings. The highest BCUT2D eigenvalue weighted by atomic mass is 15.4. The molecule has 426 valence electrons. The van der Waals surface area contributed by atoms with Gasteiger partial charge in [0, 0.05) is 135 Å². The third-order valence-electron chi connectivity index (χ3n) is 10.9. The molecular weight excluding hydrogens is 961 g/mol. The van der Waals surface area contributed by atoms with Crippen LogP contribution in [-0.4, -0.2) is 87.3 Å². The number of aromatic nitrogens is 18. The zero-order chi connectivity index (χ0) is 58.2. The van der Waals surface area contributed by atoms with Crippen LogP contribution in [0.15, 0.2) is 136 Å². The first-order chi connectivity index (χ1) is 36.2. The number of aryl methyl sites for hydroxylation is 5. The van der Waals surface area contributed by atoms with E-state index in [-0.39, 0.29) is 0 Å². The molecule has 18 nitrogen and oxygen atoms in total. The molecule has 0 unspecified atom stereocenters. The molecule has 0 atom stereocenters. The lowest BCUT2D eigenvalue weighted by atomic mass is 10.4. The minimum Gasteiger partial charge on any atom is -0.352 e. The van der Waals surface area contributed by atoms with Gasteiger partial charge in [-0.2, -0.15) is 10.2 Å². The van der Waals surface area contributed by atoms with Gasteiger partial charge in [0.25, 0.3) is 0 Å². The van der Waals surface area contributed by atoms with Crippen LogP contribution in [0, 0.1) is 34.6 Å². The summed E-state index contributed by atoms with van der Waals surface area (Å²) in [4.78, 5) is 11.9. The molecule has 0 aliphatic rings. The van der Waals surface area contributed by atoms with Crippen LogP contribution in [0.25, 0.3) is 0 Å². The number of hydrogen-bond acceptors (Lipinski definition) is 9. The molecule has 0 aromatic carbocycles. The van der Waals surface area contributed by atoms with Gasteiger partial charge in [0.05, 0.1) is 48.5 Å². The second-order valence-corrected chi connectivity index (χ2v) is 21.2. The van der Waals surface area contributed by atoms with Gasteiger partial charge in [-0.3, -0.25) is 14.0 Å². The van der Waals surface area contributed by atoms with E-state index in [0.717, 1.165) is 17.1 Å². The Kier molecular flexibility index (Phi) is 32.5. The molecule has 77 heavy (non-hydrogen) atoms. The van der Waals surface area contributed by atoms with Gasteiger partial charge in [-0.1, -0.05) is 10.4 Å². The van der Waals surface area contributed by atoms with Crippen molar-refractivity contribution in [3.05, 3.63) is 164 Å². The van der Waals surface area contributed by atoms with Gasteiger partial charge in [0.15, 0.2) is 0 Å². The standard InChI is InChI=1S/C8H13N.3C7H12N2.C7H11N.C6H11N3.2C6H10N2.C5H9N3/c1-7(2)9-5-4-8(3)6-9;1-6(2)9-4-7(3)8-5-9;1-6(2)9-5-7(3)4-8-9;1-6(2)9-5-4-7(3)8-9;1-7(2)8-5-3-4-6-8;1-5(2)9-4-6(3)7-8-9;2*1-6(2)8-4-3-7-5-8;1-5(2)8-4-3-6-7-8/h4-7H,1-3H3;3*4-6H,1-3H3;3-7H,1-2H3;4-5H,1-3H3;2*3-6H,1-2H3;3-5H,1-2H3. The summed E-state index contributed by atoms with van der Waals surface area (Å²) in [5, 5.41) is 23.5. The Labute approximate surface area is 463 Å². The third-order valence-corrected chi connectivity index (χ3v) is 10.9. The molecule has 9 aromatic rings. The van der Waals surface area contributed by atoms with Crippen molar-refractivity contribution in [3.8, 4) is 0 Å². The monoisotopic (exact) mass is 1060 g/mol. The van der Waals surface area contributed by atoms with Crippen molar-refractivity contribution in [2.24, 2.45) is 0 Å². The number of hydrogen-bond donors (Lipinski definition) is 0. The van der Waals surface area contributed by atoms with Crippen molar-refractivity contribution < 1.29 is 0 Å². The lowest BCUT2D eigenvalue weighted by molar-refractivity contribution is 0.514. The van der Waals surface area contributed by atoms with E-state index in [0.29, 0.717) is 54.4 Å². The normalized spacial score (nSPS) is 10.5. The maximum absolute atomic E-state index is 4.23. The first-order valence-electron chi connectivity index (χ1n) is 27.2. The fourth-order valence-electron chi connectivity index (χ4n) is 5.96. The summed E-state index contributed by atoms with van der Waals surface area (Å²) in [7, 11) is 0. The van der Waals surface area contributed by atoms with E-state index in [2.05, 4.69) is 231 Å². The maximum atomic E-state index is 4.23. The lowest BCUT2D eigenvalue weighted by Gasteiger charge is -2.04. The number of rotatable bonds is 9. The smallest absolute Gasteiger partial charge is 0.0951 e. The summed E-state index contributed by atoms with van der Waals surface area (Å²) in [6.45, 7) is 48.3. The molecule has 0 radical (unpaired) electrons. The van der Waals surface area contributed by atoms with E-state index in [9.17, 15) is 0 Å². The largest absolute Gasteiger partial charge is 0.352 e. The molecule has 9 aromatic heterocycles. The first-order valence-corrected chi connectivity index (χ1v) is 27.2. The summed E-state index contributed by atoms with van der Waals surface area (Å²) < 4.78 is 18.1. The van der Waals surface area contributed by atoms with Crippen LogP contribution in [0.3, 0.4) is 0 Å². The molecule has 0 bridgehead atoms. The summed E-state index contributed by atoms with van der Waals surface area (Å²) in [5.74, 6) is 0. The van der Waals surface area contributed by atoms with Crippen molar-refractivity contribution in [1.82, 2.24) is 87.3 Å².